The first-order valence-electron chi connectivity index (χ1n) is 4.57. The molecular formula is C9H22N2O2. The number of nitrogens with one attached hydrogen (secondary N) is 1. The molecule has 0 aliphatic heterocycles. The van der Waals surface area contributed by atoms with Crippen molar-refractivity contribution in [3.8, 4) is 0 Å². The summed E-state index contributed by atoms with van der Waals surface area (Å²) in [5.41, 5.74) is 5.51. The Balaban J connectivity index is 3.95. The van der Waals surface area contributed by atoms with Gasteiger partial charge in [0.1, 0.15) is 0 Å². The minimum Gasteiger partial charge on any atom is -0.383 e. The molecule has 13 heavy (non-hydrogen) atoms. The van der Waals surface area contributed by atoms with Gasteiger partial charge in [0.2, 0.25) is 0 Å². The Hall–Kier alpha value is -0.160. The minimum atomic E-state index is -0.173. The van der Waals surface area contributed by atoms with Gasteiger partial charge in [-0.25, -0.2) is 0 Å². The molecule has 0 aliphatic carbocycles. The molecule has 0 spiro atoms. The summed E-state index contributed by atoms with van der Waals surface area (Å²) in [6.45, 7) is 6.08. The van der Waals surface area contributed by atoms with E-state index in [1.165, 1.54) is 0 Å². The van der Waals surface area contributed by atoms with Crippen molar-refractivity contribution in [3.05, 3.63) is 0 Å². The van der Waals surface area contributed by atoms with E-state index in [4.69, 9.17) is 15.2 Å². The Morgan fingerprint density at radius 1 is 1.46 bits per heavy atom. The van der Waals surface area contributed by atoms with Crippen molar-refractivity contribution in [3.63, 3.8) is 0 Å². The molecule has 0 aromatic carbocycles. The summed E-state index contributed by atoms with van der Waals surface area (Å²) in [5.74, 6) is 0. The normalized spacial score (nSPS) is 18.2. The predicted molar refractivity (Wildman–Crippen MR) is 53.8 cm³/mol. The molecule has 0 rings (SSSR count). The number of nitrogens with two attached hydrogens (primary N) is 1. The maximum atomic E-state index is 5.68. The van der Waals surface area contributed by atoms with Gasteiger partial charge in [0.25, 0.3) is 0 Å². The maximum Gasteiger partial charge on any atom is 0.0734 e. The van der Waals surface area contributed by atoms with E-state index in [0.717, 1.165) is 6.54 Å². The molecular weight excluding hydrogens is 168 g/mol. The molecule has 0 radical (unpaired) electrons. The topological polar surface area (TPSA) is 56.5 Å². The van der Waals surface area contributed by atoms with Gasteiger partial charge >= 0.3 is 0 Å². The highest BCUT2D eigenvalue weighted by atomic mass is 16.5. The van der Waals surface area contributed by atoms with Crippen molar-refractivity contribution < 1.29 is 9.47 Å². The molecule has 4 heteroatoms. The second-order valence-electron chi connectivity index (χ2n) is 3.42. The van der Waals surface area contributed by atoms with Crippen molar-refractivity contribution in [2.45, 2.75) is 25.5 Å². The largest absolute Gasteiger partial charge is 0.383 e. The molecule has 0 bridgehead atoms. The highest BCUT2D eigenvalue weighted by Crippen LogP contribution is 2.10. The van der Waals surface area contributed by atoms with Crippen LogP contribution in [0.2, 0.25) is 0 Å². The highest BCUT2D eigenvalue weighted by Gasteiger charge is 2.28. The molecule has 0 amide bonds. The molecule has 4 nitrogen and oxygen atoms in total. The van der Waals surface area contributed by atoms with Gasteiger partial charge < -0.3 is 20.5 Å². The molecule has 2 atom stereocenters. The summed E-state index contributed by atoms with van der Waals surface area (Å²) in [4.78, 5) is 0. The maximum absolute atomic E-state index is 5.68. The lowest BCUT2D eigenvalue weighted by Crippen LogP contribution is -2.57. The third kappa shape index (κ3) is 4.04. The summed E-state index contributed by atoms with van der Waals surface area (Å²) in [7, 11) is 3.37. The lowest BCUT2D eigenvalue weighted by Gasteiger charge is -2.34. The van der Waals surface area contributed by atoms with Crippen LogP contribution in [0.3, 0.4) is 0 Å². The van der Waals surface area contributed by atoms with E-state index in [0.29, 0.717) is 13.2 Å². The fourth-order valence-electron chi connectivity index (χ4n) is 1.08. The Morgan fingerprint density at radius 3 is 2.46 bits per heavy atom. The van der Waals surface area contributed by atoms with Gasteiger partial charge in [-0.1, -0.05) is 0 Å². The Kier molecular flexibility index (Phi) is 6.24. The molecule has 0 heterocycles. The van der Waals surface area contributed by atoms with E-state index in [-0.39, 0.29) is 11.6 Å². The highest BCUT2D eigenvalue weighted by molar-refractivity contribution is 4.90. The summed E-state index contributed by atoms with van der Waals surface area (Å²) in [6.07, 6.45) is 0.0920. The van der Waals surface area contributed by atoms with Gasteiger partial charge in [0.15, 0.2) is 0 Å². The first-order valence-corrected chi connectivity index (χ1v) is 4.57. The number of methoxy groups -OCH3 is 2. The first-order chi connectivity index (χ1) is 6.10. The van der Waals surface area contributed by atoms with E-state index in [9.17, 15) is 0 Å². The summed E-state index contributed by atoms with van der Waals surface area (Å²) in [6, 6.07) is 0. The smallest absolute Gasteiger partial charge is 0.0734 e. The number of hydrogen-bond acceptors (Lipinski definition) is 4. The minimum absolute atomic E-state index is 0.0920. The predicted octanol–water partition coefficient (Wildman–Crippen LogP) is -0.0253. The standard InChI is InChI=1S/C9H22N2O2/c1-8(13-4)9(2,7-10)11-5-6-12-3/h8,11H,5-7,10H2,1-4H3. The van der Waals surface area contributed by atoms with Crippen molar-refractivity contribution in [2.75, 3.05) is 33.9 Å². The van der Waals surface area contributed by atoms with Crippen LogP contribution < -0.4 is 11.1 Å². The Bertz CT molecular complexity index is 133. The SMILES string of the molecule is COCCNC(C)(CN)C(C)OC. The van der Waals surface area contributed by atoms with Crippen LogP contribution in [0.1, 0.15) is 13.8 Å². The molecule has 0 saturated carbocycles. The molecule has 80 valence electrons. The second-order valence-corrected chi connectivity index (χ2v) is 3.42. The zero-order valence-corrected chi connectivity index (χ0v) is 9.09. The molecule has 2 unspecified atom stereocenters. The molecule has 0 saturated heterocycles. The lowest BCUT2D eigenvalue weighted by atomic mass is 9.96. The summed E-state index contributed by atoms with van der Waals surface area (Å²) < 4.78 is 10.2. The van der Waals surface area contributed by atoms with Crippen LogP contribution in [-0.2, 0) is 9.47 Å². The quantitative estimate of drug-likeness (QED) is 0.554. The zero-order valence-electron chi connectivity index (χ0n) is 9.09. The molecule has 0 fully saturated rings. The van der Waals surface area contributed by atoms with Gasteiger partial charge in [-0.3, -0.25) is 0 Å². The Morgan fingerprint density at radius 2 is 2.08 bits per heavy atom. The van der Waals surface area contributed by atoms with Crippen molar-refractivity contribution in [1.82, 2.24) is 5.32 Å². The zero-order chi connectivity index (χ0) is 10.3. The summed E-state index contributed by atoms with van der Waals surface area (Å²) in [5, 5.41) is 3.32. The van der Waals surface area contributed by atoms with Gasteiger partial charge in [-0.05, 0) is 13.8 Å². The molecule has 0 aliphatic rings. The fourth-order valence-corrected chi connectivity index (χ4v) is 1.08. The average molecular weight is 190 g/mol. The number of hydrogen-bond donors (Lipinski definition) is 2. The van der Waals surface area contributed by atoms with Crippen LogP contribution >= 0.6 is 0 Å². The third-order valence-electron chi connectivity index (χ3n) is 2.51. The molecule has 0 aromatic rings. The van der Waals surface area contributed by atoms with E-state index in [1.807, 2.05) is 6.92 Å². The second kappa shape index (κ2) is 6.32. The van der Waals surface area contributed by atoms with E-state index >= 15 is 0 Å². The van der Waals surface area contributed by atoms with Crippen LogP contribution in [0.4, 0.5) is 0 Å². The van der Waals surface area contributed by atoms with Gasteiger partial charge in [0.05, 0.1) is 18.2 Å². The fraction of sp³-hybridized carbons (Fsp3) is 1.00. The van der Waals surface area contributed by atoms with Crippen molar-refractivity contribution in [2.24, 2.45) is 5.73 Å². The monoisotopic (exact) mass is 190 g/mol. The lowest BCUT2D eigenvalue weighted by molar-refractivity contribution is 0.0385. The van der Waals surface area contributed by atoms with Crippen LogP contribution in [0, 0.1) is 0 Å². The van der Waals surface area contributed by atoms with Crippen LogP contribution in [0.15, 0.2) is 0 Å². The molecule has 0 aromatic heterocycles. The van der Waals surface area contributed by atoms with Crippen molar-refractivity contribution in [1.29, 1.82) is 0 Å². The van der Waals surface area contributed by atoms with Crippen molar-refractivity contribution >= 4 is 0 Å². The van der Waals surface area contributed by atoms with Crippen LogP contribution in [0.25, 0.3) is 0 Å². The number of rotatable bonds is 7. The average Bonchev–Trinajstić information content (AvgIpc) is 2.16. The van der Waals surface area contributed by atoms with Gasteiger partial charge in [-0.2, -0.15) is 0 Å². The van der Waals surface area contributed by atoms with Gasteiger partial charge in [0, 0.05) is 27.3 Å². The van der Waals surface area contributed by atoms with E-state index in [2.05, 4.69) is 12.2 Å². The van der Waals surface area contributed by atoms with Gasteiger partial charge in [-0.15, -0.1) is 0 Å². The number of ether oxygens (including phenoxy) is 2. The Labute approximate surface area is 80.8 Å². The van der Waals surface area contributed by atoms with E-state index in [1.54, 1.807) is 14.2 Å². The van der Waals surface area contributed by atoms with Crippen LogP contribution in [-0.4, -0.2) is 45.6 Å². The van der Waals surface area contributed by atoms with Crippen LogP contribution in [0.5, 0.6) is 0 Å². The summed E-state index contributed by atoms with van der Waals surface area (Å²) >= 11 is 0. The first kappa shape index (κ1) is 12.8. The third-order valence-corrected chi connectivity index (χ3v) is 2.51. The molecule has 3 N–H and O–H groups in total. The van der Waals surface area contributed by atoms with E-state index < -0.39 is 0 Å².